The monoisotopic (exact) mass is 377 g/mol. The maximum Gasteiger partial charge on any atom is 0.343 e. The molecule has 0 saturated carbocycles. The highest BCUT2D eigenvalue weighted by atomic mass is 32.2. The van der Waals surface area contributed by atoms with Crippen molar-refractivity contribution < 1.29 is 4.79 Å². The average Bonchev–Trinajstić information content (AvgIpc) is 3.18. The smallest absolute Gasteiger partial charge is 0.288 e. The number of hydrogen-bond donors (Lipinski definition) is 1. The number of anilines is 1. The lowest BCUT2D eigenvalue weighted by Crippen LogP contribution is -2.32. The van der Waals surface area contributed by atoms with Gasteiger partial charge in [-0.25, -0.2) is 14.9 Å². The van der Waals surface area contributed by atoms with Crippen LogP contribution in [-0.4, -0.2) is 38.0 Å². The van der Waals surface area contributed by atoms with E-state index in [1.165, 1.54) is 23.1 Å². The van der Waals surface area contributed by atoms with Gasteiger partial charge in [0, 0.05) is 13.1 Å². The third-order valence-electron chi connectivity index (χ3n) is 3.63. The van der Waals surface area contributed by atoms with E-state index in [1.807, 2.05) is 38.1 Å². The van der Waals surface area contributed by atoms with Crippen molar-refractivity contribution in [3.63, 3.8) is 0 Å². The Balaban J connectivity index is 1.73. The van der Waals surface area contributed by atoms with Crippen molar-refractivity contribution in [1.82, 2.24) is 19.7 Å². The third-order valence-corrected chi connectivity index (χ3v) is 5.65. The van der Waals surface area contributed by atoms with E-state index in [2.05, 4.69) is 15.2 Å². The zero-order valence-corrected chi connectivity index (χ0v) is 15.7. The summed E-state index contributed by atoms with van der Waals surface area (Å²) < 4.78 is 2.62. The van der Waals surface area contributed by atoms with Gasteiger partial charge in [0.1, 0.15) is 0 Å². The van der Waals surface area contributed by atoms with Gasteiger partial charge >= 0.3 is 5.69 Å². The van der Waals surface area contributed by atoms with Gasteiger partial charge in [0.05, 0.1) is 16.0 Å². The molecule has 1 N–H and O–H groups in total. The number of fused-ring (bicyclic) bond motifs is 1. The van der Waals surface area contributed by atoms with E-state index in [9.17, 15) is 9.59 Å². The number of rotatable bonds is 7. The zero-order valence-electron chi connectivity index (χ0n) is 14.1. The van der Waals surface area contributed by atoms with Gasteiger partial charge in [0.2, 0.25) is 5.91 Å². The van der Waals surface area contributed by atoms with Crippen molar-refractivity contribution in [2.24, 2.45) is 0 Å². The molecule has 0 atom stereocenters. The average molecular weight is 377 g/mol. The molecule has 0 aliphatic heterocycles. The second-order valence-electron chi connectivity index (χ2n) is 5.35. The van der Waals surface area contributed by atoms with E-state index in [0.29, 0.717) is 23.4 Å². The van der Waals surface area contributed by atoms with Gasteiger partial charge < -0.3 is 0 Å². The van der Waals surface area contributed by atoms with E-state index in [0.717, 1.165) is 16.6 Å². The first-order valence-electron chi connectivity index (χ1n) is 8.08. The molecule has 2 aromatic heterocycles. The Hall–Kier alpha value is -2.13. The summed E-state index contributed by atoms with van der Waals surface area (Å²) in [5.41, 5.74) is 0.654. The van der Waals surface area contributed by atoms with Gasteiger partial charge in [0.25, 0.3) is 0 Å². The van der Waals surface area contributed by atoms with Crippen LogP contribution in [0.25, 0.3) is 10.2 Å². The number of carbonyl (C=O) groups is 1. The summed E-state index contributed by atoms with van der Waals surface area (Å²) in [6.07, 6.45) is 0.827. The summed E-state index contributed by atoms with van der Waals surface area (Å²) in [6.45, 7) is 5.05. The highest BCUT2D eigenvalue weighted by molar-refractivity contribution is 7.99. The van der Waals surface area contributed by atoms with Crippen LogP contribution in [0.1, 0.15) is 20.3 Å². The molecule has 0 bridgehead atoms. The van der Waals surface area contributed by atoms with Crippen molar-refractivity contribution in [2.75, 3.05) is 17.2 Å². The first-order valence-corrected chi connectivity index (χ1v) is 9.88. The number of aromatic nitrogens is 4. The molecule has 0 saturated heterocycles. The Morgan fingerprint density at radius 1 is 1.36 bits per heavy atom. The highest BCUT2D eigenvalue weighted by Gasteiger charge is 2.19. The first-order chi connectivity index (χ1) is 12.1. The molecule has 132 valence electrons. The summed E-state index contributed by atoms with van der Waals surface area (Å²) in [5, 5.41) is 7.68. The van der Waals surface area contributed by atoms with Crippen LogP contribution in [0.3, 0.4) is 0 Å². The van der Waals surface area contributed by atoms with Crippen molar-refractivity contribution in [3.8, 4) is 0 Å². The molecule has 3 rings (SSSR count). The summed E-state index contributed by atoms with van der Waals surface area (Å²) in [4.78, 5) is 30.6. The van der Waals surface area contributed by atoms with Gasteiger partial charge in [-0.15, -0.1) is 5.10 Å². The SMILES string of the molecule is CCCn1c(SCC(=O)N(CC)c2nc3ccccc3s2)n[nH]c1=O. The molecule has 2 heterocycles. The van der Waals surface area contributed by atoms with Crippen LogP contribution in [0.15, 0.2) is 34.2 Å². The van der Waals surface area contributed by atoms with Gasteiger partial charge in [0.15, 0.2) is 10.3 Å². The Kier molecular flexibility index (Phi) is 5.54. The highest BCUT2D eigenvalue weighted by Crippen LogP contribution is 2.29. The lowest BCUT2D eigenvalue weighted by molar-refractivity contribution is -0.116. The molecule has 9 heteroatoms. The number of H-pyrrole nitrogens is 1. The Bertz CT molecular complexity index is 897. The number of aromatic amines is 1. The molecule has 3 aromatic rings. The predicted molar refractivity (Wildman–Crippen MR) is 102 cm³/mol. The maximum absolute atomic E-state index is 12.6. The van der Waals surface area contributed by atoms with Crippen molar-refractivity contribution in [3.05, 3.63) is 34.7 Å². The second-order valence-corrected chi connectivity index (χ2v) is 7.31. The molecule has 0 fully saturated rings. The van der Waals surface area contributed by atoms with E-state index in [-0.39, 0.29) is 17.3 Å². The number of thiazole rings is 1. The van der Waals surface area contributed by atoms with Crippen LogP contribution in [0, 0.1) is 0 Å². The fourth-order valence-electron chi connectivity index (χ4n) is 2.43. The number of thioether (sulfide) groups is 1. The topological polar surface area (TPSA) is 83.9 Å². The minimum absolute atomic E-state index is 0.0509. The molecule has 0 aliphatic rings. The fraction of sp³-hybridized carbons (Fsp3) is 0.375. The standard InChI is InChI=1S/C16H19N5O2S2/c1-3-9-21-14(23)18-19-16(21)24-10-13(22)20(4-2)15-17-11-7-5-6-8-12(11)25-15/h5-8H,3-4,9-10H2,1-2H3,(H,18,23). The molecule has 7 nitrogen and oxygen atoms in total. The summed E-state index contributed by atoms with van der Waals surface area (Å²) >= 11 is 2.77. The van der Waals surface area contributed by atoms with Crippen molar-refractivity contribution >= 4 is 44.4 Å². The fourth-order valence-corrected chi connectivity index (χ4v) is 4.33. The summed E-state index contributed by atoms with van der Waals surface area (Å²) in [7, 11) is 0. The number of nitrogens with zero attached hydrogens (tertiary/aromatic N) is 4. The summed E-state index contributed by atoms with van der Waals surface area (Å²) in [6, 6.07) is 7.83. The van der Waals surface area contributed by atoms with E-state index in [1.54, 1.807) is 9.47 Å². The van der Waals surface area contributed by atoms with Gasteiger partial charge in [-0.05, 0) is 25.5 Å². The third kappa shape index (κ3) is 3.77. The molecule has 0 unspecified atom stereocenters. The molecule has 1 aromatic carbocycles. The first kappa shape index (κ1) is 17.7. The molecular weight excluding hydrogens is 358 g/mol. The number of nitrogens with one attached hydrogen (secondary N) is 1. The zero-order chi connectivity index (χ0) is 17.8. The van der Waals surface area contributed by atoms with Crippen LogP contribution in [0.4, 0.5) is 5.13 Å². The molecule has 0 aliphatic carbocycles. The lowest BCUT2D eigenvalue weighted by atomic mass is 10.3. The van der Waals surface area contributed by atoms with Crippen molar-refractivity contribution in [1.29, 1.82) is 0 Å². The normalized spacial score (nSPS) is 11.1. The van der Waals surface area contributed by atoms with E-state index < -0.39 is 0 Å². The molecular formula is C16H19N5O2S2. The number of benzene rings is 1. The number of hydrogen-bond acceptors (Lipinski definition) is 6. The second kappa shape index (κ2) is 7.83. The number of amides is 1. The van der Waals surface area contributed by atoms with E-state index in [4.69, 9.17) is 0 Å². The van der Waals surface area contributed by atoms with Crippen LogP contribution in [-0.2, 0) is 11.3 Å². The van der Waals surface area contributed by atoms with Crippen molar-refractivity contribution in [2.45, 2.75) is 32.0 Å². The Morgan fingerprint density at radius 3 is 2.88 bits per heavy atom. The molecule has 25 heavy (non-hydrogen) atoms. The van der Waals surface area contributed by atoms with Gasteiger partial charge in [-0.1, -0.05) is 42.2 Å². The number of carbonyl (C=O) groups excluding carboxylic acids is 1. The van der Waals surface area contributed by atoms with E-state index >= 15 is 0 Å². The van der Waals surface area contributed by atoms with Crippen LogP contribution >= 0.6 is 23.1 Å². The molecule has 1 amide bonds. The van der Waals surface area contributed by atoms with Crippen LogP contribution in [0.2, 0.25) is 0 Å². The minimum Gasteiger partial charge on any atom is -0.288 e. The Morgan fingerprint density at radius 2 is 2.16 bits per heavy atom. The molecule has 0 radical (unpaired) electrons. The Labute approximate surface area is 153 Å². The minimum atomic E-state index is -0.240. The quantitative estimate of drug-likeness (QED) is 0.640. The van der Waals surface area contributed by atoms with Gasteiger partial charge in [-0.2, -0.15) is 0 Å². The van der Waals surface area contributed by atoms with Gasteiger partial charge in [-0.3, -0.25) is 14.3 Å². The van der Waals surface area contributed by atoms with Crippen LogP contribution in [0.5, 0.6) is 0 Å². The molecule has 0 spiro atoms. The predicted octanol–water partition coefficient (Wildman–Crippen LogP) is 2.74. The lowest BCUT2D eigenvalue weighted by Gasteiger charge is -2.17. The maximum atomic E-state index is 12.6. The number of para-hydroxylation sites is 1. The largest absolute Gasteiger partial charge is 0.343 e. The summed E-state index contributed by atoms with van der Waals surface area (Å²) in [5.74, 6) is 0.155. The van der Waals surface area contributed by atoms with Crippen LogP contribution < -0.4 is 10.6 Å².